The second kappa shape index (κ2) is 6.26. The van der Waals surface area contributed by atoms with E-state index in [4.69, 9.17) is 0 Å². The van der Waals surface area contributed by atoms with E-state index in [2.05, 4.69) is 5.10 Å². The fourth-order valence-corrected chi connectivity index (χ4v) is 5.50. The summed E-state index contributed by atoms with van der Waals surface area (Å²) in [7, 11) is -3.02. The van der Waals surface area contributed by atoms with Crippen LogP contribution in [0.2, 0.25) is 0 Å². The Morgan fingerprint density at radius 2 is 2.09 bits per heavy atom. The van der Waals surface area contributed by atoms with E-state index in [1.54, 1.807) is 0 Å². The van der Waals surface area contributed by atoms with Gasteiger partial charge in [-0.25, -0.2) is 8.42 Å². The Morgan fingerprint density at radius 1 is 1.30 bits per heavy atom. The maximum atomic E-state index is 12.8. The van der Waals surface area contributed by atoms with Crippen LogP contribution in [0.3, 0.4) is 0 Å². The Bertz CT molecular complexity index is 695. The van der Waals surface area contributed by atoms with Crippen LogP contribution in [0.5, 0.6) is 0 Å². The van der Waals surface area contributed by atoms with Crippen LogP contribution in [0.4, 0.5) is 0 Å². The molecule has 7 heteroatoms. The average Bonchev–Trinajstić information content (AvgIpc) is 3.01. The zero-order chi connectivity index (χ0) is 16.6. The molecule has 2 saturated heterocycles. The van der Waals surface area contributed by atoms with Crippen molar-refractivity contribution in [3.8, 4) is 0 Å². The van der Waals surface area contributed by atoms with Gasteiger partial charge in [-0.15, -0.1) is 0 Å². The summed E-state index contributed by atoms with van der Waals surface area (Å²) in [4.78, 5) is 14.7. The molecule has 3 rings (SSSR count). The van der Waals surface area contributed by atoms with Crippen LogP contribution in [0.1, 0.15) is 37.1 Å². The van der Waals surface area contributed by atoms with Crippen LogP contribution in [-0.4, -0.2) is 53.1 Å². The van der Waals surface area contributed by atoms with Gasteiger partial charge >= 0.3 is 0 Å². The topological polar surface area (TPSA) is 72.3 Å². The fraction of sp³-hybridized carbons (Fsp3) is 0.750. The first-order valence-corrected chi connectivity index (χ1v) is 10.2. The average molecular weight is 339 g/mol. The summed E-state index contributed by atoms with van der Waals surface area (Å²) >= 11 is 0. The molecule has 6 nitrogen and oxygen atoms in total. The Hall–Kier alpha value is -1.37. The molecule has 2 aliphatic heterocycles. The third-order valence-corrected chi connectivity index (χ3v) is 6.75. The van der Waals surface area contributed by atoms with Gasteiger partial charge in [0.25, 0.3) is 0 Å². The number of sulfone groups is 1. The third kappa shape index (κ3) is 3.59. The Labute approximate surface area is 137 Å². The summed E-state index contributed by atoms with van der Waals surface area (Å²) in [5, 5.41) is 4.50. The third-order valence-electron chi connectivity index (χ3n) is 4.98. The lowest BCUT2D eigenvalue weighted by Crippen LogP contribution is -2.48. The predicted octanol–water partition coefficient (Wildman–Crippen LogP) is 1.32. The highest BCUT2D eigenvalue weighted by atomic mass is 32.2. The normalized spacial score (nSPS) is 27.3. The molecule has 2 atom stereocenters. The molecule has 0 N–H and O–H groups in total. The number of nitrogens with zero attached hydrogens (tertiary/aromatic N) is 3. The van der Waals surface area contributed by atoms with Gasteiger partial charge in [0, 0.05) is 12.2 Å². The monoisotopic (exact) mass is 339 g/mol. The van der Waals surface area contributed by atoms with Crippen molar-refractivity contribution in [3.63, 3.8) is 0 Å². The van der Waals surface area contributed by atoms with Crippen molar-refractivity contribution < 1.29 is 13.2 Å². The highest BCUT2D eigenvalue weighted by molar-refractivity contribution is 7.91. The molecule has 0 radical (unpaired) electrons. The number of aryl methyl sites for hydroxylation is 2. The number of carbonyl (C=O) groups excluding carboxylic acids is 1. The lowest BCUT2D eigenvalue weighted by atomic mass is 9.98. The molecule has 0 aliphatic carbocycles. The predicted molar refractivity (Wildman–Crippen MR) is 87.8 cm³/mol. The van der Waals surface area contributed by atoms with Gasteiger partial charge in [0.1, 0.15) is 0 Å². The summed E-state index contributed by atoms with van der Waals surface area (Å²) in [5.41, 5.74) is 2.09. The van der Waals surface area contributed by atoms with E-state index in [0.717, 1.165) is 37.2 Å². The SMILES string of the molecule is Cc1cc(C)n(CC2CCCCN2C(=O)C2CCS(=O)(=O)C2)n1. The van der Waals surface area contributed by atoms with Crippen molar-refractivity contribution in [2.75, 3.05) is 18.1 Å². The number of hydrogen-bond donors (Lipinski definition) is 0. The highest BCUT2D eigenvalue weighted by Gasteiger charge is 2.38. The van der Waals surface area contributed by atoms with Crippen LogP contribution >= 0.6 is 0 Å². The largest absolute Gasteiger partial charge is 0.338 e. The quantitative estimate of drug-likeness (QED) is 0.832. The van der Waals surface area contributed by atoms with Gasteiger partial charge in [-0.3, -0.25) is 9.48 Å². The van der Waals surface area contributed by atoms with Crippen LogP contribution in [0, 0.1) is 19.8 Å². The Morgan fingerprint density at radius 3 is 2.70 bits per heavy atom. The van der Waals surface area contributed by atoms with Crippen molar-refractivity contribution in [1.82, 2.24) is 14.7 Å². The molecule has 0 bridgehead atoms. The summed E-state index contributed by atoms with van der Waals surface area (Å²) < 4.78 is 25.3. The molecule has 1 amide bonds. The van der Waals surface area contributed by atoms with Crippen molar-refractivity contribution in [3.05, 3.63) is 17.5 Å². The Kier molecular flexibility index (Phi) is 4.49. The highest BCUT2D eigenvalue weighted by Crippen LogP contribution is 2.26. The van der Waals surface area contributed by atoms with Crippen molar-refractivity contribution in [1.29, 1.82) is 0 Å². The summed E-state index contributed by atoms with van der Waals surface area (Å²) in [6.07, 6.45) is 3.55. The number of likely N-dealkylation sites (tertiary alicyclic amines) is 1. The van der Waals surface area contributed by atoms with Gasteiger partial charge in [0.05, 0.1) is 35.7 Å². The first-order valence-electron chi connectivity index (χ1n) is 8.38. The van der Waals surface area contributed by atoms with Crippen molar-refractivity contribution in [2.45, 2.75) is 52.1 Å². The Balaban J connectivity index is 1.73. The fourth-order valence-electron chi connectivity index (χ4n) is 3.76. The standard InChI is InChI=1S/C16H25N3O3S/c1-12-9-13(2)19(17-12)10-15-5-3-4-7-18(15)16(20)14-6-8-23(21,22)11-14/h9,14-15H,3-8,10-11H2,1-2H3. The zero-order valence-electron chi connectivity index (χ0n) is 13.9. The van der Waals surface area contributed by atoms with Crippen LogP contribution in [-0.2, 0) is 21.2 Å². The molecule has 23 heavy (non-hydrogen) atoms. The summed E-state index contributed by atoms with van der Waals surface area (Å²) in [5.74, 6) is -0.146. The van der Waals surface area contributed by atoms with Gasteiger partial charge in [-0.05, 0) is 45.6 Å². The molecule has 128 valence electrons. The van der Waals surface area contributed by atoms with E-state index in [1.807, 2.05) is 29.5 Å². The van der Waals surface area contributed by atoms with Crippen molar-refractivity contribution in [2.24, 2.45) is 5.92 Å². The van der Waals surface area contributed by atoms with Gasteiger partial charge in [-0.1, -0.05) is 0 Å². The molecule has 2 unspecified atom stereocenters. The lowest BCUT2D eigenvalue weighted by Gasteiger charge is -2.37. The number of rotatable bonds is 3. The lowest BCUT2D eigenvalue weighted by molar-refractivity contribution is -0.138. The minimum atomic E-state index is -3.02. The van der Waals surface area contributed by atoms with Crippen molar-refractivity contribution >= 4 is 15.7 Å². The molecular formula is C16H25N3O3S. The zero-order valence-corrected chi connectivity index (χ0v) is 14.7. The number of hydrogen-bond acceptors (Lipinski definition) is 4. The molecular weight excluding hydrogens is 314 g/mol. The molecule has 0 aromatic carbocycles. The maximum absolute atomic E-state index is 12.8. The number of carbonyl (C=O) groups is 1. The second-order valence-corrected chi connectivity index (χ2v) is 9.12. The summed E-state index contributed by atoms with van der Waals surface area (Å²) in [6.45, 7) is 5.43. The molecule has 3 heterocycles. The number of aromatic nitrogens is 2. The number of amides is 1. The molecule has 0 spiro atoms. The van der Waals surface area contributed by atoms with E-state index < -0.39 is 9.84 Å². The first kappa shape index (κ1) is 16.5. The van der Waals surface area contributed by atoms with Crippen LogP contribution in [0.15, 0.2) is 6.07 Å². The van der Waals surface area contributed by atoms with E-state index >= 15 is 0 Å². The molecule has 1 aromatic heterocycles. The van der Waals surface area contributed by atoms with Crippen LogP contribution < -0.4 is 0 Å². The van der Waals surface area contributed by atoms with Gasteiger partial charge < -0.3 is 4.90 Å². The summed E-state index contributed by atoms with van der Waals surface area (Å²) in [6, 6.07) is 2.16. The molecule has 2 aliphatic rings. The minimum Gasteiger partial charge on any atom is -0.338 e. The van der Waals surface area contributed by atoms with Gasteiger partial charge in [0.15, 0.2) is 9.84 Å². The maximum Gasteiger partial charge on any atom is 0.227 e. The molecule has 2 fully saturated rings. The first-order chi connectivity index (χ1) is 10.9. The van der Waals surface area contributed by atoms with E-state index in [1.165, 1.54) is 0 Å². The number of piperidine rings is 1. The van der Waals surface area contributed by atoms with E-state index in [-0.39, 0.29) is 29.4 Å². The minimum absolute atomic E-state index is 0.0228. The van der Waals surface area contributed by atoms with E-state index in [0.29, 0.717) is 13.0 Å². The van der Waals surface area contributed by atoms with Gasteiger partial charge in [0.2, 0.25) is 5.91 Å². The van der Waals surface area contributed by atoms with Gasteiger partial charge in [-0.2, -0.15) is 5.10 Å². The second-order valence-electron chi connectivity index (χ2n) is 6.89. The molecule has 1 aromatic rings. The van der Waals surface area contributed by atoms with Crippen LogP contribution in [0.25, 0.3) is 0 Å². The van der Waals surface area contributed by atoms with E-state index in [9.17, 15) is 13.2 Å². The smallest absolute Gasteiger partial charge is 0.227 e. The molecule has 0 saturated carbocycles.